The molecule has 21 heavy (non-hydrogen) atoms. The van der Waals surface area contributed by atoms with Crippen LogP contribution in [0.3, 0.4) is 0 Å². The van der Waals surface area contributed by atoms with Crippen LogP contribution in [-0.2, 0) is 4.79 Å². The number of carboxylic acid groups (broad SMARTS) is 1. The van der Waals surface area contributed by atoms with Crippen molar-refractivity contribution in [2.45, 2.75) is 70.6 Å². The van der Waals surface area contributed by atoms with E-state index in [1.165, 1.54) is 32.1 Å². The van der Waals surface area contributed by atoms with Gasteiger partial charge in [0.1, 0.15) is 0 Å². The van der Waals surface area contributed by atoms with Crippen LogP contribution < -0.4 is 10.6 Å². The molecule has 0 heterocycles. The van der Waals surface area contributed by atoms with Crippen molar-refractivity contribution in [3.63, 3.8) is 0 Å². The van der Waals surface area contributed by atoms with Gasteiger partial charge in [-0.25, -0.2) is 4.79 Å². The van der Waals surface area contributed by atoms with Crippen LogP contribution in [0.5, 0.6) is 0 Å². The van der Waals surface area contributed by atoms with E-state index in [9.17, 15) is 9.59 Å². The third-order valence-corrected chi connectivity index (χ3v) is 4.17. The molecule has 0 atom stereocenters. The Morgan fingerprint density at radius 3 is 2.29 bits per heavy atom. The maximum Gasteiger partial charge on any atom is 0.314 e. The molecule has 1 aliphatic carbocycles. The van der Waals surface area contributed by atoms with Crippen molar-refractivity contribution >= 4 is 12.0 Å². The summed E-state index contributed by atoms with van der Waals surface area (Å²) in [6.07, 6.45) is 11.6. The molecule has 3 N–H and O–H groups in total. The number of carbonyl (C=O) groups is 2. The summed E-state index contributed by atoms with van der Waals surface area (Å²) in [5.41, 5.74) is 0. The highest BCUT2D eigenvalue weighted by Gasteiger charge is 2.13. The first-order chi connectivity index (χ1) is 10.2. The number of hydrogen-bond acceptors (Lipinski definition) is 2. The van der Waals surface area contributed by atoms with Crippen LogP contribution in [0.25, 0.3) is 0 Å². The van der Waals surface area contributed by atoms with Gasteiger partial charge in [0.2, 0.25) is 0 Å². The standard InChI is InChI=1S/C16H30N2O3/c19-15(20)10-6-1-2-7-12-17-16(21)18-13-11-14-8-4-3-5-9-14/h14H,1-13H2,(H,19,20)(H2,17,18,21). The average Bonchev–Trinajstić information content (AvgIpc) is 2.47. The Morgan fingerprint density at radius 1 is 0.905 bits per heavy atom. The zero-order valence-electron chi connectivity index (χ0n) is 13.0. The fourth-order valence-corrected chi connectivity index (χ4v) is 2.88. The summed E-state index contributed by atoms with van der Waals surface area (Å²) in [6.45, 7) is 1.44. The predicted octanol–water partition coefficient (Wildman–Crippen LogP) is 3.29. The van der Waals surface area contributed by atoms with Crippen LogP contribution in [0, 0.1) is 5.92 Å². The maximum absolute atomic E-state index is 11.6. The van der Waals surface area contributed by atoms with Crippen LogP contribution in [0.15, 0.2) is 0 Å². The summed E-state index contributed by atoms with van der Waals surface area (Å²) in [5.74, 6) is 0.0683. The van der Waals surface area contributed by atoms with E-state index in [0.717, 1.165) is 44.6 Å². The second-order valence-corrected chi connectivity index (χ2v) is 6.03. The van der Waals surface area contributed by atoms with Crippen molar-refractivity contribution in [3.05, 3.63) is 0 Å². The Morgan fingerprint density at radius 2 is 1.57 bits per heavy atom. The zero-order chi connectivity index (χ0) is 15.3. The van der Waals surface area contributed by atoms with Crippen LogP contribution >= 0.6 is 0 Å². The van der Waals surface area contributed by atoms with E-state index in [1.807, 2.05) is 0 Å². The molecule has 0 saturated heterocycles. The van der Waals surface area contributed by atoms with Crippen LogP contribution in [0.4, 0.5) is 4.79 Å². The van der Waals surface area contributed by atoms with Gasteiger partial charge in [-0.1, -0.05) is 44.9 Å². The molecule has 5 nitrogen and oxygen atoms in total. The highest BCUT2D eigenvalue weighted by molar-refractivity contribution is 5.73. The highest BCUT2D eigenvalue weighted by Crippen LogP contribution is 2.25. The normalized spacial score (nSPS) is 15.6. The number of hydrogen-bond donors (Lipinski definition) is 3. The molecule has 0 unspecified atom stereocenters. The molecule has 0 bridgehead atoms. The number of nitrogens with one attached hydrogen (secondary N) is 2. The molecular weight excluding hydrogens is 268 g/mol. The Balaban J connectivity index is 1.86. The van der Waals surface area contributed by atoms with E-state index in [0.29, 0.717) is 6.54 Å². The molecular formula is C16H30N2O3. The van der Waals surface area contributed by atoms with Crippen LogP contribution in [0.2, 0.25) is 0 Å². The van der Waals surface area contributed by atoms with Crippen molar-refractivity contribution in [1.29, 1.82) is 0 Å². The quantitative estimate of drug-likeness (QED) is 0.541. The van der Waals surface area contributed by atoms with E-state index in [2.05, 4.69) is 10.6 Å². The molecule has 0 spiro atoms. The minimum absolute atomic E-state index is 0.0728. The van der Waals surface area contributed by atoms with E-state index in [-0.39, 0.29) is 12.5 Å². The number of carbonyl (C=O) groups excluding carboxylic acids is 1. The molecule has 1 saturated carbocycles. The zero-order valence-corrected chi connectivity index (χ0v) is 13.0. The topological polar surface area (TPSA) is 78.4 Å². The number of aliphatic carboxylic acids is 1. The van der Waals surface area contributed by atoms with E-state index in [1.54, 1.807) is 0 Å². The molecule has 1 aliphatic rings. The minimum atomic E-state index is -0.731. The second kappa shape index (κ2) is 11.4. The lowest BCUT2D eigenvalue weighted by molar-refractivity contribution is -0.137. The Hall–Kier alpha value is -1.26. The molecule has 0 aromatic carbocycles. The first-order valence-corrected chi connectivity index (χ1v) is 8.42. The van der Waals surface area contributed by atoms with Gasteiger partial charge in [-0.2, -0.15) is 0 Å². The molecule has 2 amide bonds. The van der Waals surface area contributed by atoms with E-state index < -0.39 is 5.97 Å². The van der Waals surface area contributed by atoms with Gasteiger partial charge in [-0.3, -0.25) is 4.79 Å². The second-order valence-electron chi connectivity index (χ2n) is 6.03. The van der Waals surface area contributed by atoms with Gasteiger partial charge in [-0.15, -0.1) is 0 Å². The minimum Gasteiger partial charge on any atom is -0.481 e. The largest absolute Gasteiger partial charge is 0.481 e. The summed E-state index contributed by atoms with van der Waals surface area (Å²) in [7, 11) is 0. The fraction of sp³-hybridized carbons (Fsp3) is 0.875. The first kappa shape index (κ1) is 17.8. The van der Waals surface area contributed by atoms with Gasteiger partial charge in [-0.05, 0) is 25.2 Å². The van der Waals surface area contributed by atoms with Crippen LogP contribution in [-0.4, -0.2) is 30.2 Å². The molecule has 122 valence electrons. The van der Waals surface area contributed by atoms with Crippen molar-refractivity contribution in [1.82, 2.24) is 10.6 Å². The number of unbranched alkanes of at least 4 members (excludes halogenated alkanes) is 3. The first-order valence-electron chi connectivity index (χ1n) is 8.42. The molecule has 0 radical (unpaired) electrons. The van der Waals surface area contributed by atoms with Gasteiger partial charge in [0.15, 0.2) is 0 Å². The lowest BCUT2D eigenvalue weighted by Crippen LogP contribution is -2.37. The third kappa shape index (κ3) is 10.2. The summed E-state index contributed by atoms with van der Waals surface area (Å²) >= 11 is 0. The lowest BCUT2D eigenvalue weighted by Gasteiger charge is -2.21. The number of rotatable bonds is 10. The molecule has 5 heteroatoms. The predicted molar refractivity (Wildman–Crippen MR) is 83.3 cm³/mol. The molecule has 0 aliphatic heterocycles. The van der Waals surface area contributed by atoms with Crippen LogP contribution in [0.1, 0.15) is 70.6 Å². The third-order valence-electron chi connectivity index (χ3n) is 4.17. The summed E-state index contributed by atoms with van der Waals surface area (Å²) in [4.78, 5) is 21.9. The average molecular weight is 298 g/mol. The molecule has 0 aromatic heterocycles. The molecule has 1 fully saturated rings. The molecule has 0 aromatic rings. The summed E-state index contributed by atoms with van der Waals surface area (Å²) < 4.78 is 0. The Labute approximate surface area is 127 Å². The number of carboxylic acids is 1. The van der Waals surface area contributed by atoms with Gasteiger partial charge < -0.3 is 15.7 Å². The number of amides is 2. The van der Waals surface area contributed by atoms with Gasteiger partial charge in [0.25, 0.3) is 0 Å². The fourth-order valence-electron chi connectivity index (χ4n) is 2.88. The highest BCUT2D eigenvalue weighted by atomic mass is 16.4. The smallest absolute Gasteiger partial charge is 0.314 e. The maximum atomic E-state index is 11.6. The van der Waals surface area contributed by atoms with Crippen molar-refractivity contribution in [2.75, 3.05) is 13.1 Å². The van der Waals surface area contributed by atoms with Crippen molar-refractivity contribution < 1.29 is 14.7 Å². The summed E-state index contributed by atoms with van der Waals surface area (Å²) in [6, 6.07) is -0.0728. The monoisotopic (exact) mass is 298 g/mol. The van der Waals surface area contributed by atoms with E-state index >= 15 is 0 Å². The SMILES string of the molecule is O=C(O)CCCCCCNC(=O)NCCC1CCCCC1. The van der Waals surface area contributed by atoms with Gasteiger partial charge >= 0.3 is 12.0 Å². The van der Waals surface area contributed by atoms with E-state index in [4.69, 9.17) is 5.11 Å². The lowest BCUT2D eigenvalue weighted by atomic mass is 9.87. The summed E-state index contributed by atoms with van der Waals surface area (Å²) in [5, 5.41) is 14.3. The van der Waals surface area contributed by atoms with Gasteiger partial charge in [0, 0.05) is 19.5 Å². The number of urea groups is 1. The van der Waals surface area contributed by atoms with Gasteiger partial charge in [0.05, 0.1) is 0 Å². The molecule has 1 rings (SSSR count). The van der Waals surface area contributed by atoms with Crippen molar-refractivity contribution in [3.8, 4) is 0 Å². The van der Waals surface area contributed by atoms with Crippen molar-refractivity contribution in [2.24, 2.45) is 5.92 Å². The Kier molecular flexibility index (Phi) is 9.66. The Bertz CT molecular complexity index is 302.